The normalized spacial score (nSPS) is 15.5. The Hall–Kier alpha value is -5.32. The highest BCUT2D eigenvalue weighted by molar-refractivity contribution is 7.19. The lowest BCUT2D eigenvalue weighted by Crippen LogP contribution is -2.46. The first-order valence-corrected chi connectivity index (χ1v) is 20.5. The molecule has 8 aromatic rings. The first-order valence-electron chi connectivity index (χ1n) is 19.6. The van der Waals surface area contributed by atoms with Gasteiger partial charge in [-0.25, -0.2) is 4.57 Å². The number of rotatable bonds is 6. The van der Waals surface area contributed by atoms with Crippen molar-refractivity contribution in [2.24, 2.45) is 7.05 Å². The van der Waals surface area contributed by atoms with E-state index in [-0.39, 0.29) is 17.4 Å². The monoisotopic (exact) mass is 738 g/mol. The van der Waals surface area contributed by atoms with Crippen LogP contribution in [0.5, 0.6) is 0 Å². The summed E-state index contributed by atoms with van der Waals surface area (Å²) in [6, 6.07) is 34.3. The van der Waals surface area contributed by atoms with Crippen LogP contribution in [0.25, 0.3) is 65.7 Å². The van der Waals surface area contributed by atoms with E-state index in [1.54, 1.807) is 0 Å². The Morgan fingerprint density at radius 3 is 2.25 bits per heavy atom. The second-order valence-corrected chi connectivity index (χ2v) is 18.1. The average Bonchev–Trinajstić information content (AvgIpc) is 3.73. The molecule has 0 bridgehead atoms. The average molecular weight is 739 g/mol. The Balaban J connectivity index is 1.28. The fraction of sp³-hybridized carbons (Fsp3) is 0.255. The number of pyridine rings is 2. The summed E-state index contributed by atoms with van der Waals surface area (Å²) < 4.78 is 13.2. The van der Waals surface area contributed by atoms with Gasteiger partial charge in [-0.2, -0.15) is 4.57 Å². The van der Waals surface area contributed by atoms with Crippen molar-refractivity contribution in [2.45, 2.75) is 78.7 Å². The standard InChI is InChI=1S/C51H50N2OS/c1-10-43-37(35-16-11-12-17-36(35)44-24-18-30(2)28-53(43)44)21-19-34-20-22-39-38-23-25-46-41(26-33(5)55-46)49(38)54-50(39)48(34)45-27-40(42(29-52(45)9)51(6,7)8)47-31(3)14-13-15-32(47)4/h10-18,20,22-29,37,43H,1,19,21H2,2-9H3/q+2. The highest BCUT2D eigenvalue weighted by Gasteiger charge is 2.38. The molecule has 9 rings (SSSR count). The Morgan fingerprint density at radius 1 is 0.745 bits per heavy atom. The van der Waals surface area contributed by atoms with Crippen molar-refractivity contribution in [3.8, 4) is 33.6 Å². The van der Waals surface area contributed by atoms with Gasteiger partial charge in [0, 0.05) is 54.6 Å². The van der Waals surface area contributed by atoms with E-state index in [0.29, 0.717) is 0 Å². The Morgan fingerprint density at radius 2 is 1.49 bits per heavy atom. The lowest BCUT2D eigenvalue weighted by molar-refractivity contribution is -0.707. The predicted octanol–water partition coefficient (Wildman–Crippen LogP) is 12.9. The fourth-order valence-corrected chi connectivity index (χ4v) is 10.4. The molecule has 4 aromatic heterocycles. The summed E-state index contributed by atoms with van der Waals surface area (Å²) in [5.41, 5.74) is 17.3. The molecule has 0 spiro atoms. The molecule has 4 aromatic carbocycles. The van der Waals surface area contributed by atoms with E-state index in [4.69, 9.17) is 4.42 Å². The van der Waals surface area contributed by atoms with Gasteiger partial charge >= 0.3 is 0 Å². The molecule has 55 heavy (non-hydrogen) atoms. The molecule has 1 aliphatic heterocycles. The molecule has 0 N–H and O–H groups in total. The van der Waals surface area contributed by atoms with Crippen LogP contribution in [0.3, 0.4) is 0 Å². The van der Waals surface area contributed by atoms with E-state index in [1.807, 2.05) is 11.3 Å². The number of aromatic nitrogens is 2. The van der Waals surface area contributed by atoms with Crippen LogP contribution in [0.1, 0.15) is 77.4 Å². The maximum atomic E-state index is 7.17. The minimum absolute atomic E-state index is 0.0582. The molecule has 2 unspecified atom stereocenters. The largest absolute Gasteiger partial charge is 0.454 e. The maximum absolute atomic E-state index is 7.17. The van der Waals surface area contributed by atoms with Gasteiger partial charge in [-0.1, -0.05) is 75.9 Å². The summed E-state index contributed by atoms with van der Waals surface area (Å²) in [6.07, 6.45) is 8.69. The summed E-state index contributed by atoms with van der Waals surface area (Å²) in [7, 11) is 2.21. The summed E-state index contributed by atoms with van der Waals surface area (Å²) in [5, 5.41) is 3.54. The van der Waals surface area contributed by atoms with Crippen LogP contribution >= 0.6 is 11.3 Å². The van der Waals surface area contributed by atoms with Gasteiger partial charge in [-0.05, 0) is 116 Å². The zero-order chi connectivity index (χ0) is 38.3. The molecule has 274 valence electrons. The Labute approximate surface area is 329 Å². The molecule has 4 heteroatoms. The number of aryl methyl sites for hydroxylation is 6. The lowest BCUT2D eigenvalue weighted by atomic mass is 9.78. The van der Waals surface area contributed by atoms with Crippen molar-refractivity contribution < 1.29 is 13.6 Å². The third-order valence-electron chi connectivity index (χ3n) is 12.1. The zero-order valence-corrected chi connectivity index (χ0v) is 34.2. The number of fused-ring (bicyclic) bond motifs is 8. The first-order chi connectivity index (χ1) is 26.4. The van der Waals surface area contributed by atoms with Crippen LogP contribution in [0.2, 0.25) is 0 Å². The van der Waals surface area contributed by atoms with Crippen LogP contribution in [-0.4, -0.2) is 0 Å². The van der Waals surface area contributed by atoms with Crippen LogP contribution in [0.15, 0.2) is 120 Å². The zero-order valence-electron chi connectivity index (χ0n) is 33.4. The summed E-state index contributed by atoms with van der Waals surface area (Å²) in [4.78, 5) is 1.30. The van der Waals surface area contributed by atoms with Gasteiger partial charge < -0.3 is 4.42 Å². The van der Waals surface area contributed by atoms with E-state index in [0.717, 1.165) is 24.0 Å². The highest BCUT2D eigenvalue weighted by Crippen LogP contribution is 2.46. The Bertz CT molecular complexity index is 2820. The second kappa shape index (κ2) is 13.2. The summed E-state index contributed by atoms with van der Waals surface area (Å²) >= 11 is 1.83. The number of allylic oxidation sites excluding steroid dienone is 1. The quantitative estimate of drug-likeness (QED) is 0.123. The Kier molecular flexibility index (Phi) is 8.47. The van der Waals surface area contributed by atoms with E-state index in [2.05, 4.69) is 181 Å². The van der Waals surface area contributed by atoms with Crippen LogP contribution < -0.4 is 9.13 Å². The molecule has 3 nitrogen and oxygen atoms in total. The molecule has 2 atom stereocenters. The summed E-state index contributed by atoms with van der Waals surface area (Å²) in [6.45, 7) is 20.2. The van der Waals surface area contributed by atoms with Crippen molar-refractivity contribution in [3.05, 3.63) is 154 Å². The molecular weight excluding hydrogens is 689 g/mol. The molecule has 0 saturated heterocycles. The van der Waals surface area contributed by atoms with Crippen molar-refractivity contribution >= 4 is 43.4 Å². The number of thiophene rings is 1. The molecule has 5 heterocycles. The molecular formula is C51H50N2OS+2. The first kappa shape index (κ1) is 35.4. The molecule has 0 radical (unpaired) electrons. The number of hydrogen-bond donors (Lipinski definition) is 0. The summed E-state index contributed by atoms with van der Waals surface area (Å²) in [5.74, 6) is 0.267. The molecule has 0 fully saturated rings. The fourth-order valence-electron chi connectivity index (χ4n) is 9.46. The van der Waals surface area contributed by atoms with Gasteiger partial charge in [0.25, 0.3) is 0 Å². The smallest absolute Gasteiger partial charge is 0.216 e. The number of furan rings is 1. The highest BCUT2D eigenvalue weighted by atomic mass is 32.1. The van der Waals surface area contributed by atoms with Gasteiger partial charge in [0.1, 0.15) is 18.2 Å². The topological polar surface area (TPSA) is 20.9 Å². The van der Waals surface area contributed by atoms with Crippen LogP contribution in [0.4, 0.5) is 0 Å². The van der Waals surface area contributed by atoms with Crippen molar-refractivity contribution in [3.63, 3.8) is 0 Å². The molecule has 0 saturated carbocycles. The SMILES string of the molecule is C=CC1C(CCc2ccc3c(oc4c5cc(C)sc5ccc34)c2-c2cc(-c3c(C)cccc3C)c(C(C)(C)C)c[n+]2C)c2ccccc2-c2ccc(C)c[n+]21. The van der Waals surface area contributed by atoms with Crippen LogP contribution in [0, 0.1) is 27.7 Å². The third-order valence-corrected chi connectivity index (χ3v) is 13.1. The van der Waals surface area contributed by atoms with Gasteiger partial charge in [0.15, 0.2) is 18.4 Å². The number of nitrogens with zero attached hydrogens (tertiary/aromatic N) is 2. The van der Waals surface area contributed by atoms with Gasteiger partial charge in [0.2, 0.25) is 11.4 Å². The van der Waals surface area contributed by atoms with Crippen molar-refractivity contribution in [1.29, 1.82) is 0 Å². The van der Waals surface area contributed by atoms with Gasteiger partial charge in [0.05, 0.1) is 11.5 Å². The minimum Gasteiger partial charge on any atom is -0.454 e. The van der Waals surface area contributed by atoms with E-state index in [9.17, 15) is 0 Å². The predicted molar refractivity (Wildman–Crippen MR) is 231 cm³/mol. The molecule has 0 aliphatic carbocycles. The van der Waals surface area contributed by atoms with Gasteiger partial charge in [-0.15, -0.1) is 11.3 Å². The van der Waals surface area contributed by atoms with Crippen molar-refractivity contribution in [1.82, 2.24) is 0 Å². The third kappa shape index (κ3) is 5.76. The maximum Gasteiger partial charge on any atom is 0.216 e. The van der Waals surface area contributed by atoms with E-state index in [1.165, 1.54) is 92.8 Å². The number of hydrogen-bond acceptors (Lipinski definition) is 2. The molecule has 0 amide bonds. The molecule has 1 aliphatic rings. The lowest BCUT2D eigenvalue weighted by Gasteiger charge is -2.29. The van der Waals surface area contributed by atoms with Crippen LogP contribution in [-0.2, 0) is 18.9 Å². The number of benzene rings is 4. The minimum atomic E-state index is -0.0582. The van der Waals surface area contributed by atoms with Gasteiger partial charge in [-0.3, -0.25) is 0 Å². The second-order valence-electron chi connectivity index (χ2n) is 16.9. The van der Waals surface area contributed by atoms with E-state index < -0.39 is 0 Å². The van der Waals surface area contributed by atoms with E-state index >= 15 is 0 Å². The van der Waals surface area contributed by atoms with Crippen molar-refractivity contribution in [2.75, 3.05) is 0 Å².